The standard InChI is InChI=1S/C20H26O4/c1-11-12-5-6-14-18(2)7-4-8-19(3,17(23)24)15(18)13(21)10-20(14,9-12)16(11)22/h6,12-13,15,21H,1,4-5,7-10H2,2-3H3,(H,23,24)/t12-,13+,15?,18+,19-,20+/m1/s1. The number of carbonyl (C=O) groups is 2. The van der Waals surface area contributed by atoms with Gasteiger partial charge in [-0.1, -0.05) is 31.6 Å². The number of aliphatic hydroxyl groups excluding tert-OH is 1. The third-order valence-electron chi connectivity index (χ3n) is 7.75. The number of ketones is 1. The highest BCUT2D eigenvalue weighted by Gasteiger charge is 2.68. The molecule has 4 aliphatic carbocycles. The van der Waals surface area contributed by atoms with Crippen molar-refractivity contribution in [2.75, 3.05) is 0 Å². The van der Waals surface area contributed by atoms with Crippen molar-refractivity contribution in [2.45, 2.75) is 58.5 Å². The van der Waals surface area contributed by atoms with E-state index >= 15 is 0 Å². The summed E-state index contributed by atoms with van der Waals surface area (Å²) in [5, 5.41) is 20.9. The maximum atomic E-state index is 13.0. The lowest BCUT2D eigenvalue weighted by atomic mass is 9.43. The van der Waals surface area contributed by atoms with Crippen molar-refractivity contribution >= 4 is 11.8 Å². The molecular weight excluding hydrogens is 304 g/mol. The van der Waals surface area contributed by atoms with Gasteiger partial charge in [0, 0.05) is 5.92 Å². The van der Waals surface area contributed by atoms with Crippen LogP contribution >= 0.6 is 0 Å². The minimum Gasteiger partial charge on any atom is -0.481 e. The van der Waals surface area contributed by atoms with E-state index in [1.807, 2.05) is 0 Å². The number of carboxylic acid groups (broad SMARTS) is 1. The summed E-state index contributed by atoms with van der Waals surface area (Å²) in [5.41, 5.74) is -0.176. The fraction of sp³-hybridized carbons (Fsp3) is 0.700. The quantitative estimate of drug-likeness (QED) is 0.572. The van der Waals surface area contributed by atoms with Crippen molar-refractivity contribution in [1.29, 1.82) is 0 Å². The lowest BCUT2D eigenvalue weighted by Gasteiger charge is -2.60. The second kappa shape index (κ2) is 4.60. The first-order valence-electron chi connectivity index (χ1n) is 9.03. The minimum absolute atomic E-state index is 0.0950. The lowest BCUT2D eigenvalue weighted by molar-refractivity contribution is -0.174. The predicted molar refractivity (Wildman–Crippen MR) is 89.2 cm³/mol. The number of aliphatic carboxylic acids is 1. The van der Waals surface area contributed by atoms with E-state index in [4.69, 9.17) is 0 Å². The highest BCUT2D eigenvalue weighted by atomic mass is 16.4. The molecule has 0 radical (unpaired) electrons. The predicted octanol–water partition coefficient (Wildman–Crippen LogP) is 3.11. The summed E-state index contributed by atoms with van der Waals surface area (Å²) < 4.78 is 0. The van der Waals surface area contributed by atoms with Gasteiger partial charge < -0.3 is 10.2 Å². The van der Waals surface area contributed by atoms with Crippen LogP contribution in [-0.4, -0.2) is 28.1 Å². The van der Waals surface area contributed by atoms with Crippen LogP contribution in [-0.2, 0) is 9.59 Å². The number of carboxylic acids is 1. The van der Waals surface area contributed by atoms with Crippen LogP contribution < -0.4 is 0 Å². The zero-order chi connectivity index (χ0) is 17.5. The monoisotopic (exact) mass is 330 g/mol. The molecule has 1 unspecified atom stereocenters. The molecule has 4 nitrogen and oxygen atoms in total. The molecular formula is C20H26O4. The summed E-state index contributed by atoms with van der Waals surface area (Å²) in [7, 11) is 0. The number of carbonyl (C=O) groups excluding carboxylic acids is 1. The fourth-order valence-corrected chi connectivity index (χ4v) is 6.81. The van der Waals surface area contributed by atoms with Gasteiger partial charge in [-0.3, -0.25) is 9.59 Å². The molecule has 0 aromatic rings. The average molecular weight is 330 g/mol. The second-order valence-electron chi connectivity index (χ2n) is 8.93. The molecule has 3 fully saturated rings. The molecule has 2 bridgehead atoms. The zero-order valence-electron chi connectivity index (χ0n) is 14.5. The first-order chi connectivity index (χ1) is 11.2. The van der Waals surface area contributed by atoms with Gasteiger partial charge in [-0.25, -0.2) is 0 Å². The van der Waals surface area contributed by atoms with Gasteiger partial charge in [-0.2, -0.15) is 0 Å². The minimum atomic E-state index is -0.940. The van der Waals surface area contributed by atoms with E-state index in [0.29, 0.717) is 18.4 Å². The Kier molecular flexibility index (Phi) is 3.08. The van der Waals surface area contributed by atoms with Crippen LogP contribution in [0.3, 0.4) is 0 Å². The van der Waals surface area contributed by atoms with Gasteiger partial charge >= 0.3 is 5.97 Å². The third-order valence-corrected chi connectivity index (χ3v) is 7.75. The Hall–Kier alpha value is -1.42. The molecule has 130 valence electrons. The van der Waals surface area contributed by atoms with Gasteiger partial charge in [0.25, 0.3) is 0 Å². The number of allylic oxidation sites excluding steroid dienone is 3. The lowest BCUT2D eigenvalue weighted by Crippen LogP contribution is -2.61. The second-order valence-corrected chi connectivity index (χ2v) is 8.93. The fourth-order valence-electron chi connectivity index (χ4n) is 6.81. The molecule has 0 heterocycles. The zero-order valence-corrected chi connectivity index (χ0v) is 14.5. The number of rotatable bonds is 1. The number of hydrogen-bond acceptors (Lipinski definition) is 3. The van der Waals surface area contributed by atoms with E-state index in [1.165, 1.54) is 0 Å². The van der Waals surface area contributed by atoms with Crippen molar-refractivity contribution in [3.05, 3.63) is 23.8 Å². The van der Waals surface area contributed by atoms with Crippen molar-refractivity contribution < 1.29 is 19.8 Å². The SMILES string of the molecule is C=C1C(=O)[C@]23C[C@H]1CC=C2[C@]1(C)CCC[C@@](C)(C(=O)O)C1[C@@H](O)C3. The maximum Gasteiger partial charge on any atom is 0.309 e. The van der Waals surface area contributed by atoms with Gasteiger partial charge in [0.05, 0.1) is 16.9 Å². The molecule has 6 atom stereocenters. The summed E-state index contributed by atoms with van der Waals surface area (Å²) in [6.45, 7) is 7.88. The van der Waals surface area contributed by atoms with Crippen molar-refractivity contribution in [3.63, 3.8) is 0 Å². The Balaban J connectivity index is 1.89. The molecule has 4 heteroatoms. The topological polar surface area (TPSA) is 74.6 Å². The van der Waals surface area contributed by atoms with Gasteiger partial charge in [0.1, 0.15) is 0 Å². The smallest absolute Gasteiger partial charge is 0.309 e. The molecule has 2 N–H and O–H groups in total. The molecule has 1 spiro atoms. The van der Waals surface area contributed by atoms with E-state index in [0.717, 1.165) is 31.3 Å². The van der Waals surface area contributed by atoms with E-state index < -0.39 is 28.3 Å². The summed E-state index contributed by atoms with van der Waals surface area (Å²) in [4.78, 5) is 25.1. The molecule has 0 aliphatic heterocycles. The third kappa shape index (κ3) is 1.63. The molecule has 24 heavy (non-hydrogen) atoms. The molecule has 0 aromatic heterocycles. The summed E-state index contributed by atoms with van der Waals surface area (Å²) in [6, 6.07) is 0. The number of hydrogen-bond donors (Lipinski definition) is 2. The molecule has 3 saturated carbocycles. The Morgan fingerprint density at radius 2 is 2.00 bits per heavy atom. The van der Waals surface area contributed by atoms with E-state index in [9.17, 15) is 19.8 Å². The highest BCUT2D eigenvalue weighted by Crippen LogP contribution is 2.69. The molecule has 0 aromatic carbocycles. The van der Waals surface area contributed by atoms with Crippen LogP contribution in [0.4, 0.5) is 0 Å². The van der Waals surface area contributed by atoms with Crippen LogP contribution in [0.25, 0.3) is 0 Å². The van der Waals surface area contributed by atoms with E-state index in [1.54, 1.807) is 6.92 Å². The van der Waals surface area contributed by atoms with E-state index in [2.05, 4.69) is 19.6 Å². The van der Waals surface area contributed by atoms with Gasteiger partial charge in [0.2, 0.25) is 0 Å². The first kappa shape index (κ1) is 16.1. The largest absolute Gasteiger partial charge is 0.481 e. The van der Waals surface area contributed by atoms with Gasteiger partial charge in [-0.15, -0.1) is 0 Å². The number of fused-ring (bicyclic) bond motifs is 3. The molecule has 0 amide bonds. The first-order valence-corrected chi connectivity index (χ1v) is 9.03. The normalized spacial score (nSPS) is 50.1. The van der Waals surface area contributed by atoms with E-state index in [-0.39, 0.29) is 17.6 Å². The molecule has 4 aliphatic rings. The Labute approximate surface area is 142 Å². The number of aliphatic hydroxyl groups is 1. The number of Topliss-reactive ketones (excluding diaryl/α,β-unsaturated/α-hetero) is 1. The Morgan fingerprint density at radius 1 is 1.29 bits per heavy atom. The van der Waals surface area contributed by atoms with Crippen LogP contribution in [0.1, 0.15) is 52.4 Å². The summed E-state index contributed by atoms with van der Waals surface area (Å²) >= 11 is 0. The van der Waals surface area contributed by atoms with Crippen LogP contribution in [0.2, 0.25) is 0 Å². The Morgan fingerprint density at radius 3 is 2.67 bits per heavy atom. The van der Waals surface area contributed by atoms with Crippen molar-refractivity contribution in [3.8, 4) is 0 Å². The van der Waals surface area contributed by atoms with Crippen molar-refractivity contribution in [2.24, 2.45) is 28.1 Å². The summed E-state index contributed by atoms with van der Waals surface area (Å²) in [6.07, 6.45) is 5.60. The maximum absolute atomic E-state index is 13.0. The van der Waals surface area contributed by atoms with Crippen molar-refractivity contribution in [1.82, 2.24) is 0 Å². The van der Waals surface area contributed by atoms with Crippen LogP contribution in [0.15, 0.2) is 23.8 Å². The van der Waals surface area contributed by atoms with Gasteiger partial charge in [-0.05, 0) is 55.9 Å². The van der Waals surface area contributed by atoms with Crippen LogP contribution in [0, 0.1) is 28.1 Å². The summed E-state index contributed by atoms with van der Waals surface area (Å²) in [5.74, 6) is -0.878. The van der Waals surface area contributed by atoms with Gasteiger partial charge in [0.15, 0.2) is 5.78 Å². The highest BCUT2D eigenvalue weighted by molar-refractivity contribution is 6.05. The average Bonchev–Trinajstić information content (AvgIpc) is 2.67. The molecule has 0 saturated heterocycles. The van der Waals surface area contributed by atoms with Crippen LogP contribution in [0.5, 0.6) is 0 Å². The molecule has 4 rings (SSSR count). The Bertz CT molecular complexity index is 692.